The number of aryl methyl sites for hydroxylation is 1. The Morgan fingerprint density at radius 1 is 1.00 bits per heavy atom. The van der Waals surface area contributed by atoms with E-state index in [2.05, 4.69) is 39.7 Å². The Kier molecular flexibility index (Phi) is 7.68. The van der Waals surface area contributed by atoms with Crippen LogP contribution < -0.4 is 20.9 Å². The zero-order chi connectivity index (χ0) is 24.9. The Labute approximate surface area is 210 Å². The summed E-state index contributed by atoms with van der Waals surface area (Å²) in [4.78, 5) is 32.3. The van der Waals surface area contributed by atoms with Gasteiger partial charge in [0.2, 0.25) is 0 Å². The van der Waals surface area contributed by atoms with Crippen molar-refractivity contribution in [1.29, 1.82) is 0 Å². The van der Waals surface area contributed by atoms with Gasteiger partial charge in [0.15, 0.2) is 0 Å². The Morgan fingerprint density at radius 3 is 2.43 bits per heavy atom. The van der Waals surface area contributed by atoms with Crippen LogP contribution in [0.25, 0.3) is 0 Å². The summed E-state index contributed by atoms with van der Waals surface area (Å²) >= 11 is 6.31. The lowest BCUT2D eigenvalue weighted by Crippen LogP contribution is -2.54. The molecule has 4 rings (SSSR count). The van der Waals surface area contributed by atoms with Crippen LogP contribution in [0.5, 0.6) is 0 Å². The van der Waals surface area contributed by atoms with E-state index in [4.69, 9.17) is 11.6 Å². The maximum atomic E-state index is 12.8. The second kappa shape index (κ2) is 10.9. The number of anilines is 3. The van der Waals surface area contributed by atoms with Crippen LogP contribution in [0.4, 0.5) is 17.2 Å². The number of halogens is 1. The third-order valence-corrected chi connectivity index (χ3v) is 6.29. The number of pyridine rings is 1. The molecule has 3 aromatic rings. The highest BCUT2D eigenvalue weighted by Crippen LogP contribution is 2.27. The lowest BCUT2D eigenvalue weighted by molar-refractivity contribution is 0.101. The first-order chi connectivity index (χ1) is 16.8. The predicted octanol–water partition coefficient (Wildman–Crippen LogP) is 4.99. The lowest BCUT2D eigenvalue weighted by Gasteiger charge is -2.36. The van der Waals surface area contributed by atoms with E-state index in [9.17, 15) is 9.59 Å². The van der Waals surface area contributed by atoms with E-state index in [0.717, 1.165) is 30.9 Å². The molecular formula is C27H30ClN5O2. The van der Waals surface area contributed by atoms with Gasteiger partial charge in [0.05, 0.1) is 16.3 Å². The molecule has 3 N–H and O–H groups in total. The third kappa shape index (κ3) is 6.18. The molecule has 2 heterocycles. The molecule has 2 atom stereocenters. The fourth-order valence-corrected chi connectivity index (χ4v) is 4.42. The van der Waals surface area contributed by atoms with Crippen molar-refractivity contribution in [1.82, 2.24) is 10.3 Å². The number of carbonyl (C=O) groups excluding carboxylic acids is 2. The molecule has 0 unspecified atom stereocenters. The molecule has 1 aliphatic rings. The highest BCUT2D eigenvalue weighted by molar-refractivity contribution is 6.34. The SMILES string of the molecule is CCc1cccc(C(=O)Nc2cc(NC(=O)c3ccc(N4C[C@@H](C)N[C@@H](C)C4)nc3)ccc2Cl)c1. The quantitative estimate of drug-likeness (QED) is 0.452. The molecule has 7 nitrogen and oxygen atoms in total. The molecule has 35 heavy (non-hydrogen) atoms. The van der Waals surface area contributed by atoms with Gasteiger partial charge >= 0.3 is 0 Å². The maximum absolute atomic E-state index is 12.8. The van der Waals surface area contributed by atoms with Gasteiger partial charge in [0.1, 0.15) is 5.82 Å². The number of aromatic nitrogens is 1. The lowest BCUT2D eigenvalue weighted by atomic mass is 10.1. The summed E-state index contributed by atoms with van der Waals surface area (Å²) < 4.78 is 0. The van der Waals surface area contributed by atoms with Gasteiger partial charge in [-0.15, -0.1) is 0 Å². The molecule has 0 spiro atoms. The Bertz CT molecular complexity index is 1200. The fourth-order valence-electron chi connectivity index (χ4n) is 4.25. The minimum Gasteiger partial charge on any atom is -0.354 e. The number of benzene rings is 2. The van der Waals surface area contributed by atoms with Gasteiger partial charge in [-0.25, -0.2) is 4.98 Å². The topological polar surface area (TPSA) is 86.4 Å². The van der Waals surface area contributed by atoms with Crippen LogP contribution in [0, 0.1) is 0 Å². The van der Waals surface area contributed by atoms with E-state index >= 15 is 0 Å². The first-order valence-electron chi connectivity index (χ1n) is 11.8. The van der Waals surface area contributed by atoms with Crippen LogP contribution in [0.2, 0.25) is 5.02 Å². The zero-order valence-corrected chi connectivity index (χ0v) is 20.9. The van der Waals surface area contributed by atoms with Crippen molar-refractivity contribution in [3.8, 4) is 0 Å². The second-order valence-corrected chi connectivity index (χ2v) is 9.34. The standard InChI is InChI=1S/C27H30ClN5O2/c1-4-19-6-5-7-20(12-19)26(34)32-24-13-22(9-10-23(24)28)31-27(35)21-8-11-25(29-14-21)33-15-17(2)30-18(3)16-33/h5-14,17-18,30H,4,15-16H2,1-3H3,(H,31,35)(H,32,34)/t17-,18+. The summed E-state index contributed by atoms with van der Waals surface area (Å²) in [5.41, 5.74) is 3.01. The highest BCUT2D eigenvalue weighted by Gasteiger charge is 2.22. The molecule has 182 valence electrons. The first-order valence-corrected chi connectivity index (χ1v) is 12.2. The molecule has 2 amide bonds. The van der Waals surface area contributed by atoms with Gasteiger partial charge in [-0.2, -0.15) is 0 Å². The van der Waals surface area contributed by atoms with Gasteiger partial charge in [0.25, 0.3) is 11.8 Å². The van der Waals surface area contributed by atoms with Crippen LogP contribution in [0.15, 0.2) is 60.8 Å². The van der Waals surface area contributed by atoms with Crippen LogP contribution in [-0.4, -0.2) is 42.0 Å². The van der Waals surface area contributed by atoms with Crippen LogP contribution in [0.3, 0.4) is 0 Å². The summed E-state index contributed by atoms with van der Waals surface area (Å²) in [5, 5.41) is 9.58. The van der Waals surface area contributed by atoms with Gasteiger partial charge in [-0.1, -0.05) is 30.7 Å². The molecule has 0 aliphatic carbocycles. The molecular weight excluding hydrogens is 462 g/mol. The summed E-state index contributed by atoms with van der Waals surface area (Å²) in [6.45, 7) is 8.07. The predicted molar refractivity (Wildman–Crippen MR) is 142 cm³/mol. The molecule has 2 aromatic carbocycles. The van der Waals surface area contributed by atoms with Crippen molar-refractivity contribution < 1.29 is 9.59 Å². The molecule has 0 bridgehead atoms. The summed E-state index contributed by atoms with van der Waals surface area (Å²) in [6, 6.07) is 16.8. The number of nitrogens with one attached hydrogen (secondary N) is 3. The molecule has 8 heteroatoms. The van der Waals surface area contributed by atoms with Crippen molar-refractivity contribution >= 4 is 40.6 Å². The summed E-state index contributed by atoms with van der Waals surface area (Å²) in [7, 11) is 0. The summed E-state index contributed by atoms with van der Waals surface area (Å²) in [6.07, 6.45) is 2.42. The van der Waals surface area contributed by atoms with Crippen molar-refractivity contribution in [2.75, 3.05) is 28.6 Å². The number of hydrogen-bond donors (Lipinski definition) is 3. The number of amides is 2. The average Bonchev–Trinajstić information content (AvgIpc) is 2.85. The molecule has 0 radical (unpaired) electrons. The van der Waals surface area contributed by atoms with Crippen molar-refractivity contribution in [3.63, 3.8) is 0 Å². The molecule has 1 aliphatic heterocycles. The minimum absolute atomic E-state index is 0.262. The van der Waals surface area contributed by atoms with Gasteiger partial charge in [0, 0.05) is 42.6 Å². The molecule has 0 saturated carbocycles. The minimum atomic E-state index is -0.290. The smallest absolute Gasteiger partial charge is 0.257 e. The monoisotopic (exact) mass is 491 g/mol. The number of carbonyl (C=O) groups is 2. The Hall–Kier alpha value is -3.42. The van der Waals surface area contributed by atoms with E-state index in [1.54, 1.807) is 36.5 Å². The van der Waals surface area contributed by atoms with E-state index in [1.807, 2.05) is 31.2 Å². The Morgan fingerprint density at radius 2 is 1.74 bits per heavy atom. The maximum Gasteiger partial charge on any atom is 0.257 e. The zero-order valence-electron chi connectivity index (χ0n) is 20.1. The van der Waals surface area contributed by atoms with Crippen molar-refractivity contribution in [2.45, 2.75) is 39.3 Å². The fraction of sp³-hybridized carbons (Fsp3) is 0.296. The molecule has 1 saturated heterocycles. The van der Waals surface area contributed by atoms with Crippen LogP contribution in [0.1, 0.15) is 47.1 Å². The van der Waals surface area contributed by atoms with Crippen molar-refractivity contribution in [3.05, 3.63) is 82.5 Å². The van der Waals surface area contributed by atoms with Crippen LogP contribution >= 0.6 is 11.6 Å². The number of piperazine rings is 1. The van der Waals surface area contributed by atoms with Gasteiger partial charge < -0.3 is 20.9 Å². The van der Waals surface area contributed by atoms with E-state index in [0.29, 0.717) is 39.6 Å². The van der Waals surface area contributed by atoms with Gasteiger partial charge in [-0.3, -0.25) is 9.59 Å². The van der Waals surface area contributed by atoms with E-state index in [1.165, 1.54) is 0 Å². The number of nitrogens with zero attached hydrogens (tertiary/aromatic N) is 2. The summed E-state index contributed by atoms with van der Waals surface area (Å²) in [5.74, 6) is 0.300. The second-order valence-electron chi connectivity index (χ2n) is 8.94. The average molecular weight is 492 g/mol. The first kappa shape index (κ1) is 24.7. The van der Waals surface area contributed by atoms with Gasteiger partial charge in [-0.05, 0) is 68.3 Å². The van der Waals surface area contributed by atoms with Crippen molar-refractivity contribution in [2.24, 2.45) is 0 Å². The normalized spacial score (nSPS) is 17.7. The number of rotatable bonds is 6. The van der Waals surface area contributed by atoms with Crippen LogP contribution in [-0.2, 0) is 6.42 Å². The largest absolute Gasteiger partial charge is 0.354 e. The molecule has 1 aromatic heterocycles. The number of hydrogen-bond acceptors (Lipinski definition) is 5. The molecule has 1 fully saturated rings. The van der Waals surface area contributed by atoms with E-state index < -0.39 is 0 Å². The highest BCUT2D eigenvalue weighted by atomic mass is 35.5. The Balaban J connectivity index is 1.43. The van der Waals surface area contributed by atoms with E-state index in [-0.39, 0.29) is 11.8 Å². The third-order valence-electron chi connectivity index (χ3n) is 5.96.